The number of benzene rings is 2. The van der Waals surface area contributed by atoms with Crippen molar-refractivity contribution >= 4 is 23.4 Å². The standard InChI is InChI=1S/C31H35ClN2O5/c32-22-9-6-18(7-10-22)17-34(27(36)15-21-14-19-5-8-20(21)13-19)25-16-24(31(38)33-11-12-35)28-23-3-1-2-4-26(23)39-30(28)29(25)37/h1-4,6-7,9-10,16,19-21,25,28-30,35,37H,5,8,11-15,17H2,(H,33,38). The second kappa shape index (κ2) is 11.0. The number of fused-ring (bicyclic) bond motifs is 5. The molecule has 6 rings (SSSR count). The van der Waals surface area contributed by atoms with Crippen molar-refractivity contribution in [1.82, 2.24) is 10.2 Å². The number of para-hydroxylation sites is 1. The number of nitrogens with zero attached hydrogens (tertiary/aromatic N) is 1. The average Bonchev–Trinajstić information content (AvgIpc) is 3.67. The van der Waals surface area contributed by atoms with Gasteiger partial charge in [0.1, 0.15) is 18.0 Å². The molecule has 7 atom stereocenters. The Morgan fingerprint density at radius 1 is 1.08 bits per heavy atom. The Morgan fingerprint density at radius 2 is 1.87 bits per heavy atom. The summed E-state index contributed by atoms with van der Waals surface area (Å²) in [5.74, 6) is 1.50. The first-order valence-corrected chi connectivity index (χ1v) is 14.4. The molecule has 2 aromatic carbocycles. The minimum absolute atomic E-state index is 0.0214. The maximum Gasteiger partial charge on any atom is 0.247 e. The maximum atomic E-state index is 14.0. The summed E-state index contributed by atoms with van der Waals surface area (Å²) in [7, 11) is 0. The fourth-order valence-electron chi connectivity index (χ4n) is 7.31. The van der Waals surface area contributed by atoms with Crippen molar-refractivity contribution in [3.63, 3.8) is 0 Å². The first-order valence-electron chi connectivity index (χ1n) is 14.0. The van der Waals surface area contributed by atoms with Crippen LogP contribution in [0.2, 0.25) is 5.02 Å². The topological polar surface area (TPSA) is 99.1 Å². The molecule has 206 valence electrons. The highest BCUT2D eigenvalue weighted by Crippen LogP contribution is 2.50. The fraction of sp³-hybridized carbons (Fsp3) is 0.484. The summed E-state index contributed by atoms with van der Waals surface area (Å²) in [6.45, 7) is 0.211. The largest absolute Gasteiger partial charge is 0.486 e. The number of aliphatic hydroxyl groups is 2. The number of ether oxygens (including phenoxy) is 1. The van der Waals surface area contributed by atoms with Crippen LogP contribution in [0.4, 0.5) is 0 Å². The Balaban J connectivity index is 1.35. The lowest BCUT2D eigenvalue weighted by molar-refractivity contribution is -0.139. The third-order valence-electron chi connectivity index (χ3n) is 9.14. The van der Waals surface area contributed by atoms with Crippen LogP contribution in [0, 0.1) is 17.8 Å². The molecule has 2 fully saturated rings. The van der Waals surface area contributed by atoms with E-state index >= 15 is 0 Å². The molecule has 0 aromatic heterocycles. The van der Waals surface area contributed by atoms with Crippen LogP contribution in [-0.2, 0) is 16.1 Å². The van der Waals surface area contributed by atoms with Crippen LogP contribution in [0.3, 0.4) is 0 Å². The summed E-state index contributed by atoms with van der Waals surface area (Å²) in [5.41, 5.74) is 2.18. The van der Waals surface area contributed by atoms with Crippen LogP contribution in [0.15, 0.2) is 60.2 Å². The van der Waals surface area contributed by atoms with E-state index in [2.05, 4.69) is 5.32 Å². The quantitative estimate of drug-likeness (QED) is 0.464. The van der Waals surface area contributed by atoms with Crippen molar-refractivity contribution in [2.24, 2.45) is 17.8 Å². The van der Waals surface area contributed by atoms with Gasteiger partial charge in [-0.15, -0.1) is 0 Å². The van der Waals surface area contributed by atoms with Crippen molar-refractivity contribution in [2.45, 2.75) is 62.8 Å². The minimum Gasteiger partial charge on any atom is -0.486 e. The summed E-state index contributed by atoms with van der Waals surface area (Å²) in [6.07, 6.45) is 5.20. The smallest absolute Gasteiger partial charge is 0.247 e. The van der Waals surface area contributed by atoms with Crippen LogP contribution in [0.1, 0.15) is 49.1 Å². The first-order chi connectivity index (χ1) is 18.9. The van der Waals surface area contributed by atoms with Gasteiger partial charge in [0, 0.05) is 35.7 Å². The van der Waals surface area contributed by atoms with Gasteiger partial charge in [0.25, 0.3) is 0 Å². The lowest BCUT2D eigenvalue weighted by Gasteiger charge is -2.41. The van der Waals surface area contributed by atoms with Gasteiger partial charge in [0.15, 0.2) is 0 Å². The number of nitrogens with one attached hydrogen (secondary N) is 1. The molecule has 3 N–H and O–H groups in total. The zero-order valence-electron chi connectivity index (χ0n) is 21.8. The van der Waals surface area contributed by atoms with E-state index < -0.39 is 24.2 Å². The lowest BCUT2D eigenvalue weighted by atomic mass is 9.77. The minimum atomic E-state index is -1.03. The van der Waals surface area contributed by atoms with E-state index in [-0.39, 0.29) is 31.5 Å². The zero-order chi connectivity index (χ0) is 27.1. The van der Waals surface area contributed by atoms with Crippen molar-refractivity contribution in [3.8, 4) is 5.75 Å². The van der Waals surface area contributed by atoms with Gasteiger partial charge in [-0.25, -0.2) is 0 Å². The maximum absolute atomic E-state index is 14.0. The number of aliphatic hydroxyl groups excluding tert-OH is 2. The molecule has 2 bridgehead atoms. The third kappa shape index (κ3) is 5.08. The van der Waals surface area contributed by atoms with E-state index in [0.29, 0.717) is 34.6 Å². The Morgan fingerprint density at radius 3 is 2.59 bits per heavy atom. The summed E-state index contributed by atoms with van der Waals surface area (Å²) in [6, 6.07) is 14.1. The van der Waals surface area contributed by atoms with Crippen molar-refractivity contribution in [1.29, 1.82) is 0 Å². The van der Waals surface area contributed by atoms with Gasteiger partial charge in [-0.1, -0.05) is 48.4 Å². The number of rotatable bonds is 8. The second-order valence-electron chi connectivity index (χ2n) is 11.5. The van der Waals surface area contributed by atoms with E-state index in [1.54, 1.807) is 23.1 Å². The number of halogens is 1. The molecule has 0 saturated heterocycles. The second-order valence-corrected chi connectivity index (χ2v) is 11.9. The van der Waals surface area contributed by atoms with Crippen LogP contribution in [-0.4, -0.2) is 58.3 Å². The van der Waals surface area contributed by atoms with E-state index in [0.717, 1.165) is 23.5 Å². The van der Waals surface area contributed by atoms with Crippen molar-refractivity contribution in [3.05, 3.63) is 76.3 Å². The molecule has 3 aliphatic carbocycles. The number of carbonyl (C=O) groups is 2. The van der Waals surface area contributed by atoms with Crippen LogP contribution in [0.25, 0.3) is 0 Å². The molecule has 1 aliphatic heterocycles. The monoisotopic (exact) mass is 550 g/mol. The summed E-state index contributed by atoms with van der Waals surface area (Å²) >= 11 is 6.12. The fourth-order valence-corrected chi connectivity index (χ4v) is 7.43. The van der Waals surface area contributed by atoms with E-state index in [9.17, 15) is 19.8 Å². The van der Waals surface area contributed by atoms with E-state index in [1.807, 2.05) is 36.4 Å². The van der Waals surface area contributed by atoms with Crippen LogP contribution < -0.4 is 10.1 Å². The third-order valence-corrected chi connectivity index (χ3v) is 9.40. The van der Waals surface area contributed by atoms with E-state index in [1.165, 1.54) is 19.3 Å². The molecule has 2 saturated carbocycles. The molecule has 8 heteroatoms. The Labute approximate surface area is 233 Å². The highest BCUT2D eigenvalue weighted by molar-refractivity contribution is 6.30. The van der Waals surface area contributed by atoms with Gasteiger partial charge >= 0.3 is 0 Å². The Bertz CT molecular complexity index is 1260. The van der Waals surface area contributed by atoms with Crippen LogP contribution >= 0.6 is 11.6 Å². The van der Waals surface area contributed by atoms with Gasteiger partial charge < -0.3 is 25.2 Å². The van der Waals surface area contributed by atoms with E-state index in [4.69, 9.17) is 16.3 Å². The number of hydrogen-bond acceptors (Lipinski definition) is 5. The number of carbonyl (C=O) groups excluding carboxylic acids is 2. The lowest BCUT2D eigenvalue weighted by Crippen LogP contribution is -2.55. The first kappa shape index (κ1) is 26.4. The molecule has 2 aromatic rings. The molecule has 2 amide bonds. The summed E-state index contributed by atoms with van der Waals surface area (Å²) < 4.78 is 6.23. The van der Waals surface area contributed by atoms with Crippen molar-refractivity contribution < 1.29 is 24.5 Å². The average molecular weight is 551 g/mol. The van der Waals surface area contributed by atoms with Crippen molar-refractivity contribution in [2.75, 3.05) is 13.2 Å². The Hall–Kier alpha value is -2.87. The number of amides is 2. The molecule has 7 unspecified atom stereocenters. The molecule has 4 aliphatic rings. The molecule has 0 spiro atoms. The molecular formula is C31H35ClN2O5. The molecular weight excluding hydrogens is 516 g/mol. The van der Waals surface area contributed by atoms with Gasteiger partial charge in [-0.05, 0) is 66.9 Å². The molecule has 0 radical (unpaired) electrons. The molecule has 39 heavy (non-hydrogen) atoms. The highest BCUT2D eigenvalue weighted by atomic mass is 35.5. The van der Waals surface area contributed by atoms with Gasteiger partial charge in [-0.2, -0.15) is 0 Å². The predicted molar refractivity (Wildman–Crippen MR) is 147 cm³/mol. The van der Waals surface area contributed by atoms with Gasteiger partial charge in [0.05, 0.1) is 18.6 Å². The summed E-state index contributed by atoms with van der Waals surface area (Å²) in [4.78, 5) is 29.1. The SMILES string of the molecule is O=C(NCCO)C1=CC(N(Cc2ccc(Cl)cc2)C(=O)CC2CC3CCC2C3)C(O)C2Oc3ccccc3C12. The highest BCUT2D eigenvalue weighted by Gasteiger charge is 2.51. The zero-order valence-corrected chi connectivity index (χ0v) is 22.6. The normalized spacial score (nSPS) is 30.2. The Kier molecular flexibility index (Phi) is 7.40. The number of hydrogen-bond donors (Lipinski definition) is 3. The van der Waals surface area contributed by atoms with Gasteiger partial charge in [0.2, 0.25) is 11.8 Å². The summed E-state index contributed by atoms with van der Waals surface area (Å²) in [5, 5.41) is 24.4. The molecule has 7 nitrogen and oxygen atoms in total. The van der Waals surface area contributed by atoms with Gasteiger partial charge in [-0.3, -0.25) is 9.59 Å². The van der Waals surface area contributed by atoms with Crippen LogP contribution in [0.5, 0.6) is 5.75 Å². The predicted octanol–water partition coefficient (Wildman–Crippen LogP) is 3.82. The molecule has 1 heterocycles.